The fourth-order valence-electron chi connectivity index (χ4n) is 1.95. The first-order valence-electron chi connectivity index (χ1n) is 6.84. The van der Waals surface area contributed by atoms with Crippen molar-refractivity contribution in [3.63, 3.8) is 0 Å². The first kappa shape index (κ1) is 15.0. The number of Topliss-reactive ketones (excluding diaryl/α,β-unsaturated/α-hetero) is 1. The first-order valence-corrected chi connectivity index (χ1v) is 6.84. The summed E-state index contributed by atoms with van der Waals surface area (Å²) in [7, 11) is 1.55. The van der Waals surface area contributed by atoms with Crippen LogP contribution in [0.2, 0.25) is 0 Å². The fourth-order valence-corrected chi connectivity index (χ4v) is 1.95. The minimum atomic E-state index is -0.0115. The molecule has 2 rings (SSSR count). The van der Waals surface area contributed by atoms with Crippen LogP contribution in [0, 0.1) is 0 Å². The molecule has 0 spiro atoms. The van der Waals surface area contributed by atoms with Gasteiger partial charge < -0.3 is 9.47 Å². The Kier molecular flexibility index (Phi) is 4.92. The highest BCUT2D eigenvalue weighted by Crippen LogP contribution is 2.28. The van der Waals surface area contributed by atoms with E-state index in [2.05, 4.69) is 17.0 Å². The van der Waals surface area contributed by atoms with E-state index in [1.54, 1.807) is 25.3 Å². The van der Waals surface area contributed by atoms with Gasteiger partial charge in [0.05, 0.1) is 7.11 Å². The SMILES string of the molecule is CCCn1ncnc1COc1ccc(C(C)=O)cc1OC. The highest BCUT2D eigenvalue weighted by molar-refractivity contribution is 5.94. The number of benzene rings is 1. The number of rotatable bonds is 7. The Morgan fingerprint density at radius 1 is 1.33 bits per heavy atom. The van der Waals surface area contributed by atoms with Crippen molar-refractivity contribution in [2.45, 2.75) is 33.4 Å². The van der Waals surface area contributed by atoms with Crippen molar-refractivity contribution in [3.8, 4) is 11.5 Å². The lowest BCUT2D eigenvalue weighted by Crippen LogP contribution is -2.09. The monoisotopic (exact) mass is 289 g/mol. The number of hydrogen-bond acceptors (Lipinski definition) is 5. The summed E-state index contributed by atoms with van der Waals surface area (Å²) in [5.74, 6) is 1.86. The van der Waals surface area contributed by atoms with Crippen LogP contribution in [0.1, 0.15) is 36.5 Å². The molecule has 0 aliphatic heterocycles. The molecule has 0 N–H and O–H groups in total. The van der Waals surface area contributed by atoms with Crippen molar-refractivity contribution >= 4 is 5.78 Å². The quantitative estimate of drug-likeness (QED) is 0.733. The van der Waals surface area contributed by atoms with E-state index in [0.29, 0.717) is 23.7 Å². The molecule has 0 amide bonds. The topological polar surface area (TPSA) is 66.2 Å². The summed E-state index contributed by atoms with van der Waals surface area (Å²) >= 11 is 0. The highest BCUT2D eigenvalue weighted by Gasteiger charge is 2.10. The summed E-state index contributed by atoms with van der Waals surface area (Å²) in [6.07, 6.45) is 2.50. The van der Waals surface area contributed by atoms with Crippen molar-refractivity contribution in [3.05, 3.63) is 35.9 Å². The van der Waals surface area contributed by atoms with Gasteiger partial charge in [-0.3, -0.25) is 4.79 Å². The van der Waals surface area contributed by atoms with Crippen LogP contribution < -0.4 is 9.47 Å². The van der Waals surface area contributed by atoms with Gasteiger partial charge >= 0.3 is 0 Å². The molecule has 0 bridgehead atoms. The predicted molar refractivity (Wildman–Crippen MR) is 77.6 cm³/mol. The van der Waals surface area contributed by atoms with Gasteiger partial charge in [-0.2, -0.15) is 5.10 Å². The van der Waals surface area contributed by atoms with E-state index in [9.17, 15) is 4.79 Å². The second kappa shape index (κ2) is 6.88. The second-order valence-corrected chi connectivity index (χ2v) is 4.61. The lowest BCUT2D eigenvalue weighted by atomic mass is 10.1. The van der Waals surface area contributed by atoms with E-state index in [-0.39, 0.29) is 5.78 Å². The molecule has 2 aromatic rings. The molecule has 6 nitrogen and oxygen atoms in total. The zero-order chi connectivity index (χ0) is 15.2. The van der Waals surface area contributed by atoms with Gasteiger partial charge in [0.1, 0.15) is 12.9 Å². The molecule has 0 saturated heterocycles. The molecule has 1 heterocycles. The third-order valence-electron chi connectivity index (χ3n) is 3.06. The summed E-state index contributed by atoms with van der Waals surface area (Å²) in [6, 6.07) is 5.13. The maximum atomic E-state index is 11.4. The van der Waals surface area contributed by atoms with Gasteiger partial charge in [-0.15, -0.1) is 0 Å². The van der Waals surface area contributed by atoms with Crippen molar-refractivity contribution in [1.29, 1.82) is 0 Å². The number of hydrogen-bond donors (Lipinski definition) is 0. The minimum Gasteiger partial charge on any atom is -0.493 e. The van der Waals surface area contributed by atoms with E-state index in [1.807, 2.05) is 4.68 Å². The number of ether oxygens (including phenoxy) is 2. The van der Waals surface area contributed by atoms with Crippen LogP contribution in [0.5, 0.6) is 11.5 Å². The molecule has 6 heteroatoms. The Morgan fingerprint density at radius 2 is 2.14 bits per heavy atom. The Labute approximate surface area is 123 Å². The molecule has 0 saturated carbocycles. The van der Waals surface area contributed by atoms with E-state index in [4.69, 9.17) is 9.47 Å². The van der Waals surface area contributed by atoms with Crippen molar-refractivity contribution < 1.29 is 14.3 Å². The smallest absolute Gasteiger partial charge is 0.164 e. The van der Waals surface area contributed by atoms with Crippen molar-refractivity contribution in [2.24, 2.45) is 0 Å². The first-order chi connectivity index (χ1) is 10.2. The van der Waals surface area contributed by atoms with Crippen LogP contribution in [0.3, 0.4) is 0 Å². The van der Waals surface area contributed by atoms with E-state index < -0.39 is 0 Å². The number of aromatic nitrogens is 3. The molecule has 1 aromatic carbocycles. The summed E-state index contributed by atoms with van der Waals surface area (Å²) in [6.45, 7) is 4.70. The van der Waals surface area contributed by atoms with Crippen molar-refractivity contribution in [1.82, 2.24) is 14.8 Å². The zero-order valence-electron chi connectivity index (χ0n) is 12.5. The largest absolute Gasteiger partial charge is 0.493 e. The molecule has 0 atom stereocenters. The molecule has 21 heavy (non-hydrogen) atoms. The minimum absolute atomic E-state index is 0.0115. The maximum Gasteiger partial charge on any atom is 0.164 e. The summed E-state index contributed by atoms with van der Waals surface area (Å²) in [5, 5.41) is 4.15. The molecular formula is C15H19N3O3. The number of nitrogens with zero attached hydrogens (tertiary/aromatic N) is 3. The number of aryl methyl sites for hydroxylation is 1. The lowest BCUT2D eigenvalue weighted by Gasteiger charge is -2.11. The van der Waals surface area contributed by atoms with Gasteiger partial charge in [0.15, 0.2) is 23.1 Å². The Bertz CT molecular complexity index is 622. The Balaban J connectivity index is 2.12. The van der Waals surface area contributed by atoms with E-state index >= 15 is 0 Å². The van der Waals surface area contributed by atoms with Gasteiger partial charge in [-0.25, -0.2) is 9.67 Å². The van der Waals surface area contributed by atoms with Gasteiger partial charge in [0, 0.05) is 12.1 Å². The number of methoxy groups -OCH3 is 1. The normalized spacial score (nSPS) is 10.4. The van der Waals surface area contributed by atoms with Crippen LogP contribution in [-0.2, 0) is 13.2 Å². The molecule has 112 valence electrons. The number of ketones is 1. The number of carbonyl (C=O) groups is 1. The van der Waals surface area contributed by atoms with E-state index in [0.717, 1.165) is 18.8 Å². The number of carbonyl (C=O) groups excluding carboxylic acids is 1. The highest BCUT2D eigenvalue weighted by atomic mass is 16.5. The maximum absolute atomic E-state index is 11.4. The van der Waals surface area contributed by atoms with Gasteiger partial charge in [-0.05, 0) is 31.5 Å². The summed E-state index contributed by atoms with van der Waals surface area (Å²) < 4.78 is 12.8. The van der Waals surface area contributed by atoms with E-state index in [1.165, 1.54) is 13.3 Å². The van der Waals surface area contributed by atoms with Crippen LogP contribution >= 0.6 is 0 Å². The molecular weight excluding hydrogens is 270 g/mol. The van der Waals surface area contributed by atoms with Gasteiger partial charge in [-0.1, -0.05) is 6.92 Å². The summed E-state index contributed by atoms with van der Waals surface area (Å²) in [4.78, 5) is 15.6. The van der Waals surface area contributed by atoms with Crippen LogP contribution in [0.15, 0.2) is 24.5 Å². The Hall–Kier alpha value is -2.37. The third kappa shape index (κ3) is 3.59. The molecule has 0 aliphatic carbocycles. The zero-order valence-corrected chi connectivity index (χ0v) is 12.5. The molecule has 0 fully saturated rings. The average molecular weight is 289 g/mol. The standard InChI is InChI=1S/C15H19N3O3/c1-4-7-18-15(16-10-17-18)9-21-13-6-5-12(11(2)19)8-14(13)20-3/h5-6,8,10H,4,7,9H2,1-3H3. The van der Waals surface area contributed by atoms with Crippen LogP contribution in [0.25, 0.3) is 0 Å². The molecule has 0 unspecified atom stereocenters. The Morgan fingerprint density at radius 3 is 2.81 bits per heavy atom. The molecule has 1 aromatic heterocycles. The molecule has 0 aliphatic rings. The summed E-state index contributed by atoms with van der Waals surface area (Å²) in [5.41, 5.74) is 0.591. The molecule has 0 radical (unpaired) electrons. The fraction of sp³-hybridized carbons (Fsp3) is 0.400. The van der Waals surface area contributed by atoms with Crippen LogP contribution in [0.4, 0.5) is 0 Å². The predicted octanol–water partition coefficient (Wildman–Crippen LogP) is 2.48. The average Bonchev–Trinajstić information content (AvgIpc) is 2.92. The van der Waals surface area contributed by atoms with Gasteiger partial charge in [0.25, 0.3) is 0 Å². The van der Waals surface area contributed by atoms with Gasteiger partial charge in [0.2, 0.25) is 0 Å². The van der Waals surface area contributed by atoms with Crippen LogP contribution in [-0.4, -0.2) is 27.7 Å². The van der Waals surface area contributed by atoms with Crippen molar-refractivity contribution in [2.75, 3.05) is 7.11 Å². The third-order valence-corrected chi connectivity index (χ3v) is 3.06. The second-order valence-electron chi connectivity index (χ2n) is 4.61. The lowest BCUT2D eigenvalue weighted by molar-refractivity contribution is 0.101.